The third-order valence-electron chi connectivity index (χ3n) is 5.15. The zero-order valence-electron chi connectivity index (χ0n) is 13.8. The lowest BCUT2D eigenvalue weighted by Gasteiger charge is -2.24. The van der Waals surface area contributed by atoms with Gasteiger partial charge in [0, 0.05) is 18.4 Å². The molecule has 1 spiro atoms. The van der Waals surface area contributed by atoms with Crippen molar-refractivity contribution >= 4 is 11.7 Å². The first-order chi connectivity index (χ1) is 12.2. The molecule has 1 atom stereocenters. The van der Waals surface area contributed by atoms with Crippen molar-refractivity contribution in [3.8, 4) is 0 Å². The van der Waals surface area contributed by atoms with E-state index in [0.29, 0.717) is 25.5 Å². The predicted octanol–water partition coefficient (Wildman–Crippen LogP) is 1.70. The summed E-state index contributed by atoms with van der Waals surface area (Å²) in [6.45, 7) is 3.68. The highest BCUT2D eigenvalue weighted by Crippen LogP contribution is 2.43. The Balaban J connectivity index is 1.45. The summed E-state index contributed by atoms with van der Waals surface area (Å²) in [7, 11) is 0. The van der Waals surface area contributed by atoms with Gasteiger partial charge in [0.1, 0.15) is 5.60 Å². The summed E-state index contributed by atoms with van der Waals surface area (Å²) >= 11 is 0. The van der Waals surface area contributed by atoms with Crippen LogP contribution in [0.3, 0.4) is 0 Å². The van der Waals surface area contributed by atoms with Gasteiger partial charge in [0.2, 0.25) is 5.82 Å². The molecule has 25 heavy (non-hydrogen) atoms. The summed E-state index contributed by atoms with van der Waals surface area (Å²) in [5.74, 6) is 0.458. The van der Waals surface area contributed by atoms with Crippen molar-refractivity contribution in [1.82, 2.24) is 24.5 Å². The van der Waals surface area contributed by atoms with Crippen molar-refractivity contribution in [1.29, 1.82) is 0 Å². The van der Waals surface area contributed by atoms with Gasteiger partial charge < -0.3 is 9.64 Å². The normalized spacial score (nSPS) is 22.0. The van der Waals surface area contributed by atoms with Gasteiger partial charge in [-0.05, 0) is 30.5 Å². The Bertz CT molecular complexity index is 998. The van der Waals surface area contributed by atoms with E-state index < -0.39 is 0 Å². The number of fused-ring (bicyclic) bond motifs is 3. The van der Waals surface area contributed by atoms with E-state index in [9.17, 15) is 4.79 Å². The minimum absolute atomic E-state index is 0.172. The summed E-state index contributed by atoms with van der Waals surface area (Å²) in [5.41, 5.74) is 2.91. The van der Waals surface area contributed by atoms with Gasteiger partial charge in [-0.3, -0.25) is 4.79 Å². The van der Waals surface area contributed by atoms with Crippen molar-refractivity contribution in [2.45, 2.75) is 25.6 Å². The zero-order chi connectivity index (χ0) is 17.0. The Hall–Kier alpha value is -2.80. The number of rotatable bonds is 1. The molecule has 1 unspecified atom stereocenters. The second-order valence-electron chi connectivity index (χ2n) is 6.65. The molecule has 126 valence electrons. The highest BCUT2D eigenvalue weighted by Gasteiger charge is 2.47. The average molecular weight is 335 g/mol. The Morgan fingerprint density at radius 2 is 2.16 bits per heavy atom. The van der Waals surface area contributed by atoms with E-state index in [1.54, 1.807) is 15.6 Å². The SMILES string of the molecule is Cc1ccnc2nc(C(=O)N3CCC4(C3)OCc3ccccc34)nn12. The molecule has 0 saturated carbocycles. The van der Waals surface area contributed by atoms with E-state index in [1.807, 2.05) is 25.1 Å². The zero-order valence-corrected chi connectivity index (χ0v) is 13.8. The second-order valence-corrected chi connectivity index (χ2v) is 6.65. The van der Waals surface area contributed by atoms with Gasteiger partial charge in [0.05, 0.1) is 13.2 Å². The molecule has 2 aliphatic heterocycles. The van der Waals surface area contributed by atoms with Crippen LogP contribution in [0.5, 0.6) is 0 Å². The maximum atomic E-state index is 12.9. The van der Waals surface area contributed by atoms with Crippen molar-refractivity contribution < 1.29 is 9.53 Å². The number of hydrogen-bond donors (Lipinski definition) is 0. The third kappa shape index (κ3) is 2.09. The lowest BCUT2D eigenvalue weighted by Crippen LogP contribution is -2.34. The second kappa shape index (κ2) is 5.10. The van der Waals surface area contributed by atoms with E-state index in [0.717, 1.165) is 12.1 Å². The Morgan fingerprint density at radius 3 is 3.04 bits per heavy atom. The van der Waals surface area contributed by atoms with E-state index >= 15 is 0 Å². The molecule has 4 heterocycles. The third-order valence-corrected chi connectivity index (χ3v) is 5.15. The molecule has 2 aromatic heterocycles. The molecule has 5 rings (SSSR count). The molecule has 0 radical (unpaired) electrons. The number of hydrogen-bond acceptors (Lipinski definition) is 5. The van der Waals surface area contributed by atoms with Crippen LogP contribution in [-0.4, -0.2) is 43.5 Å². The maximum absolute atomic E-state index is 12.9. The molecule has 1 amide bonds. The molecule has 7 heteroatoms. The quantitative estimate of drug-likeness (QED) is 0.677. The van der Waals surface area contributed by atoms with E-state index in [4.69, 9.17) is 4.74 Å². The molecule has 1 aromatic carbocycles. The average Bonchev–Trinajstić information content (AvgIpc) is 3.34. The molecule has 7 nitrogen and oxygen atoms in total. The van der Waals surface area contributed by atoms with E-state index in [1.165, 1.54) is 11.1 Å². The molecule has 0 bridgehead atoms. The Kier molecular flexibility index (Phi) is 2.96. The van der Waals surface area contributed by atoms with Crippen LogP contribution in [0.15, 0.2) is 36.5 Å². The lowest BCUT2D eigenvalue weighted by molar-refractivity contribution is -0.0283. The topological polar surface area (TPSA) is 72.6 Å². The number of aromatic nitrogens is 4. The smallest absolute Gasteiger partial charge is 0.293 e. The van der Waals surface area contributed by atoms with Crippen molar-refractivity contribution in [3.63, 3.8) is 0 Å². The van der Waals surface area contributed by atoms with Gasteiger partial charge in [0.25, 0.3) is 11.7 Å². The number of ether oxygens (including phenoxy) is 1. The standard InChI is InChI=1S/C18H17N5O2/c1-12-6-8-19-17-20-15(21-23(12)17)16(24)22-9-7-18(11-22)14-5-3-2-4-13(14)10-25-18/h2-6,8H,7,9-11H2,1H3. The molecule has 2 aliphatic rings. The van der Waals surface area contributed by atoms with Gasteiger partial charge in [-0.15, -0.1) is 5.10 Å². The molecule has 1 fully saturated rings. The minimum Gasteiger partial charge on any atom is -0.364 e. The van der Waals surface area contributed by atoms with Crippen LogP contribution in [0.4, 0.5) is 0 Å². The fourth-order valence-corrected chi connectivity index (χ4v) is 3.82. The predicted molar refractivity (Wildman–Crippen MR) is 88.9 cm³/mol. The number of amides is 1. The Morgan fingerprint density at radius 1 is 1.28 bits per heavy atom. The molecule has 3 aromatic rings. The van der Waals surface area contributed by atoms with Crippen LogP contribution < -0.4 is 0 Å². The lowest BCUT2D eigenvalue weighted by atomic mass is 9.92. The summed E-state index contributed by atoms with van der Waals surface area (Å²) in [6, 6.07) is 10.1. The highest BCUT2D eigenvalue weighted by molar-refractivity contribution is 5.91. The van der Waals surface area contributed by atoms with Gasteiger partial charge in [0.15, 0.2) is 0 Å². The number of nitrogens with zero attached hydrogens (tertiary/aromatic N) is 5. The molecular weight excluding hydrogens is 318 g/mol. The molecule has 0 aliphatic carbocycles. The first-order valence-electron chi connectivity index (χ1n) is 8.36. The van der Waals surface area contributed by atoms with Crippen LogP contribution in [-0.2, 0) is 16.9 Å². The summed E-state index contributed by atoms with van der Waals surface area (Å²) in [4.78, 5) is 23.1. The first kappa shape index (κ1) is 14.5. The number of carbonyl (C=O) groups excluding carboxylic acids is 1. The van der Waals surface area contributed by atoms with Gasteiger partial charge >= 0.3 is 0 Å². The number of carbonyl (C=O) groups is 1. The van der Waals surface area contributed by atoms with Crippen molar-refractivity contribution in [2.75, 3.05) is 13.1 Å². The summed E-state index contributed by atoms with van der Waals surface area (Å²) in [6.07, 6.45) is 2.46. The number of benzene rings is 1. The summed E-state index contributed by atoms with van der Waals surface area (Å²) in [5, 5.41) is 4.33. The first-order valence-corrected chi connectivity index (χ1v) is 8.36. The molecule has 1 saturated heterocycles. The van der Waals surface area contributed by atoms with Crippen molar-refractivity contribution in [3.05, 3.63) is 59.2 Å². The van der Waals surface area contributed by atoms with Crippen LogP contribution in [0.2, 0.25) is 0 Å². The molecular formula is C18H17N5O2. The maximum Gasteiger partial charge on any atom is 0.293 e. The van der Waals surface area contributed by atoms with Crippen LogP contribution in [0, 0.1) is 6.92 Å². The Labute approximate surface area is 144 Å². The van der Waals surface area contributed by atoms with Crippen LogP contribution in [0.1, 0.15) is 33.9 Å². The van der Waals surface area contributed by atoms with Crippen LogP contribution in [0.25, 0.3) is 5.78 Å². The van der Waals surface area contributed by atoms with E-state index in [-0.39, 0.29) is 17.3 Å². The highest BCUT2D eigenvalue weighted by atomic mass is 16.5. The number of aryl methyl sites for hydroxylation is 1. The fourth-order valence-electron chi connectivity index (χ4n) is 3.82. The summed E-state index contributed by atoms with van der Waals surface area (Å²) < 4.78 is 7.71. The van der Waals surface area contributed by atoms with Gasteiger partial charge in [-0.2, -0.15) is 4.98 Å². The van der Waals surface area contributed by atoms with E-state index in [2.05, 4.69) is 27.2 Å². The molecule has 0 N–H and O–H groups in total. The van der Waals surface area contributed by atoms with Gasteiger partial charge in [-0.25, -0.2) is 9.50 Å². The largest absolute Gasteiger partial charge is 0.364 e. The van der Waals surface area contributed by atoms with Crippen molar-refractivity contribution in [2.24, 2.45) is 0 Å². The monoisotopic (exact) mass is 335 g/mol. The number of likely N-dealkylation sites (tertiary alicyclic amines) is 1. The van der Waals surface area contributed by atoms with Crippen LogP contribution >= 0.6 is 0 Å². The fraction of sp³-hybridized carbons (Fsp3) is 0.333. The van der Waals surface area contributed by atoms with Gasteiger partial charge in [-0.1, -0.05) is 24.3 Å². The minimum atomic E-state index is -0.389.